The van der Waals surface area contributed by atoms with Gasteiger partial charge in [0.05, 0.1) is 41.8 Å². The number of nitrogens with two attached hydrogens (primary N) is 1. The Balaban J connectivity index is 1.86. The zero-order valence-electron chi connectivity index (χ0n) is 20.9. The van der Waals surface area contributed by atoms with Gasteiger partial charge < -0.3 is 11.1 Å². The molecule has 0 fully saturated rings. The summed E-state index contributed by atoms with van der Waals surface area (Å²) in [7, 11) is -3.65. The van der Waals surface area contributed by atoms with Crippen molar-refractivity contribution in [2.75, 3.05) is 30.9 Å². The van der Waals surface area contributed by atoms with Gasteiger partial charge in [0.15, 0.2) is 21.8 Å². The lowest BCUT2D eigenvalue weighted by molar-refractivity contribution is 0.116. The molecule has 14 heteroatoms. The van der Waals surface area contributed by atoms with E-state index < -0.39 is 7.82 Å². The van der Waals surface area contributed by atoms with Crippen LogP contribution < -0.4 is 11.1 Å². The van der Waals surface area contributed by atoms with Gasteiger partial charge in [-0.2, -0.15) is 0 Å². The first-order chi connectivity index (χ1) is 17.1. The Labute approximate surface area is 224 Å². The van der Waals surface area contributed by atoms with E-state index in [2.05, 4.69) is 34.1 Å². The molecule has 3 aromatic rings. The zero-order valence-corrected chi connectivity index (χ0v) is 24.2. The van der Waals surface area contributed by atoms with Gasteiger partial charge in [-0.15, -0.1) is 0 Å². The molecule has 0 amide bonds. The number of hydrogen-bond donors (Lipinski definition) is 2. The average molecular weight is 575 g/mol. The van der Waals surface area contributed by atoms with Crippen LogP contribution in [0.4, 0.5) is 10.9 Å². The van der Waals surface area contributed by atoms with Crippen LogP contribution in [0.3, 0.4) is 0 Å². The Hall–Kier alpha value is -1.53. The Morgan fingerprint density at radius 1 is 1.14 bits per heavy atom. The fraction of sp³-hybridized carbons (Fsp3) is 0.545. The van der Waals surface area contributed by atoms with Gasteiger partial charge in [-0.25, -0.2) is 19.5 Å². The molecule has 1 unspecified atom stereocenters. The number of pyridine rings is 1. The number of nitrogens with one attached hydrogen (secondary N) is 1. The van der Waals surface area contributed by atoms with Crippen LogP contribution in [0.5, 0.6) is 0 Å². The summed E-state index contributed by atoms with van der Waals surface area (Å²) in [6.45, 7) is 10.2. The maximum absolute atomic E-state index is 12.8. The Morgan fingerprint density at radius 2 is 1.86 bits per heavy atom. The fourth-order valence-electron chi connectivity index (χ4n) is 3.36. The Kier molecular flexibility index (Phi) is 10.7. The molecule has 0 aromatic carbocycles. The molecule has 2 atom stereocenters. The molecule has 36 heavy (non-hydrogen) atoms. The van der Waals surface area contributed by atoms with Crippen molar-refractivity contribution in [2.24, 2.45) is 5.92 Å². The highest BCUT2D eigenvalue weighted by molar-refractivity contribution is 7.99. The van der Waals surface area contributed by atoms with Crippen LogP contribution in [0.25, 0.3) is 10.3 Å². The van der Waals surface area contributed by atoms with E-state index in [9.17, 15) is 4.57 Å². The number of fused-ring (bicyclic) bond motifs is 1. The number of thioether (sulfide) groups is 1. The number of phosphoric acid groups is 1. The third kappa shape index (κ3) is 8.24. The van der Waals surface area contributed by atoms with Gasteiger partial charge in [-0.3, -0.25) is 18.6 Å². The first kappa shape index (κ1) is 29.0. The van der Waals surface area contributed by atoms with E-state index in [1.807, 2.05) is 13.0 Å². The molecule has 0 radical (unpaired) electrons. The molecule has 0 saturated heterocycles. The predicted octanol–water partition coefficient (Wildman–Crippen LogP) is 6.59. The first-order valence-corrected chi connectivity index (χ1v) is 15.2. The summed E-state index contributed by atoms with van der Waals surface area (Å²) in [5.41, 5.74) is 7.36. The van der Waals surface area contributed by atoms with Crippen LogP contribution >= 0.6 is 42.5 Å². The normalized spacial score (nSPS) is 13.9. The van der Waals surface area contributed by atoms with Gasteiger partial charge in [0, 0.05) is 6.20 Å². The van der Waals surface area contributed by atoms with E-state index in [1.165, 1.54) is 23.1 Å². The smallest absolute Gasteiger partial charge is 0.375 e. The molecule has 0 bridgehead atoms. The van der Waals surface area contributed by atoms with Crippen LogP contribution in [0.1, 0.15) is 52.0 Å². The first-order valence-electron chi connectivity index (χ1n) is 11.6. The van der Waals surface area contributed by atoms with Crippen molar-refractivity contribution < 1.29 is 18.1 Å². The molecule has 0 aliphatic rings. The van der Waals surface area contributed by atoms with Gasteiger partial charge >= 0.3 is 7.82 Å². The summed E-state index contributed by atoms with van der Waals surface area (Å²) in [4.78, 5) is 18.1. The van der Waals surface area contributed by atoms with Crippen molar-refractivity contribution in [3.63, 3.8) is 0 Å². The highest BCUT2D eigenvalue weighted by Gasteiger charge is 2.28. The maximum Gasteiger partial charge on any atom is 0.474 e. The van der Waals surface area contributed by atoms with Crippen LogP contribution in [-0.4, -0.2) is 45.8 Å². The maximum atomic E-state index is 12.8. The molecule has 3 heterocycles. The molecule has 10 nitrogen and oxygen atoms in total. The topological polar surface area (TPSA) is 134 Å². The van der Waals surface area contributed by atoms with E-state index in [-0.39, 0.29) is 31.1 Å². The molecular weight excluding hydrogens is 543 g/mol. The fourth-order valence-corrected chi connectivity index (χ4v) is 6.27. The number of nitrogens with zero attached hydrogens (tertiary/aromatic N) is 4. The number of phosphoric ester groups is 1. The highest BCUT2D eigenvalue weighted by Crippen LogP contribution is 2.49. The SMILES string of the molecule is CCOP(=O)(OCC)OC[C@@H](CC(C)C)Nc1nc(SC(C)c2ccc(Cl)cn2)nc2nc(N)sc12. The lowest BCUT2D eigenvalue weighted by Crippen LogP contribution is -2.28. The van der Waals surface area contributed by atoms with E-state index in [4.69, 9.17) is 35.9 Å². The van der Waals surface area contributed by atoms with Gasteiger partial charge in [-0.05, 0) is 45.2 Å². The lowest BCUT2D eigenvalue weighted by atomic mass is 10.0. The van der Waals surface area contributed by atoms with E-state index in [0.29, 0.717) is 32.7 Å². The molecule has 0 saturated carbocycles. The summed E-state index contributed by atoms with van der Waals surface area (Å²) in [6, 6.07) is 3.46. The molecule has 0 spiro atoms. The Bertz CT molecular complexity index is 1170. The van der Waals surface area contributed by atoms with Crippen molar-refractivity contribution in [1.82, 2.24) is 19.9 Å². The number of rotatable bonds is 14. The van der Waals surface area contributed by atoms with Crippen LogP contribution in [0.2, 0.25) is 5.02 Å². The van der Waals surface area contributed by atoms with Crippen LogP contribution in [-0.2, 0) is 18.1 Å². The van der Waals surface area contributed by atoms with Gasteiger partial charge in [0.2, 0.25) is 0 Å². The zero-order chi connectivity index (χ0) is 26.3. The van der Waals surface area contributed by atoms with Gasteiger partial charge in [0.25, 0.3) is 0 Å². The Morgan fingerprint density at radius 3 is 2.47 bits per heavy atom. The monoisotopic (exact) mass is 574 g/mol. The van der Waals surface area contributed by atoms with Crippen molar-refractivity contribution in [3.8, 4) is 0 Å². The van der Waals surface area contributed by atoms with Crippen molar-refractivity contribution >= 4 is 63.8 Å². The summed E-state index contributed by atoms with van der Waals surface area (Å²) in [5, 5.41) is 4.92. The van der Waals surface area contributed by atoms with Crippen molar-refractivity contribution in [1.29, 1.82) is 0 Å². The van der Waals surface area contributed by atoms with Crippen molar-refractivity contribution in [2.45, 2.75) is 57.5 Å². The van der Waals surface area contributed by atoms with E-state index in [1.54, 1.807) is 26.1 Å². The quantitative estimate of drug-likeness (QED) is 0.122. The van der Waals surface area contributed by atoms with E-state index in [0.717, 1.165) is 16.8 Å². The number of thiazole rings is 1. The molecule has 3 N–H and O–H groups in total. The number of halogens is 1. The minimum absolute atomic E-state index is 0.0263. The molecule has 3 rings (SSSR count). The van der Waals surface area contributed by atoms with Crippen LogP contribution in [0, 0.1) is 5.92 Å². The summed E-state index contributed by atoms with van der Waals surface area (Å²) >= 11 is 8.73. The van der Waals surface area contributed by atoms with Gasteiger partial charge in [0.1, 0.15) is 4.70 Å². The number of nitrogen functional groups attached to an aromatic ring is 1. The summed E-state index contributed by atoms with van der Waals surface area (Å²) in [5.74, 6) is 0.920. The summed E-state index contributed by atoms with van der Waals surface area (Å²) < 4.78 is 29.8. The van der Waals surface area contributed by atoms with Crippen LogP contribution in [0.15, 0.2) is 23.5 Å². The largest absolute Gasteiger partial charge is 0.474 e. The second-order valence-corrected chi connectivity index (χ2v) is 12.7. The third-order valence-electron chi connectivity index (χ3n) is 4.80. The highest BCUT2D eigenvalue weighted by atomic mass is 35.5. The minimum Gasteiger partial charge on any atom is -0.375 e. The second-order valence-electron chi connectivity index (χ2n) is 8.27. The third-order valence-corrected chi connectivity index (χ3v) is 8.51. The number of hydrogen-bond acceptors (Lipinski definition) is 12. The number of anilines is 2. The second kappa shape index (κ2) is 13.3. The molecule has 3 aromatic heterocycles. The molecule has 0 aliphatic heterocycles. The standard InChI is InChI=1S/C22H32ClN6O4PS2/c1-6-31-34(30,32-7-2)33-12-16(10-13(3)4)26-19-18-20(27-21(24)36-18)29-22(28-19)35-14(5)17-9-8-15(23)11-25-17/h8-9,11,13-14,16H,6-7,10,12H2,1-5H3,(H3,24,26,27,28,29)/t14?,16-/m1/s1. The molecule has 198 valence electrons. The average Bonchev–Trinajstić information content (AvgIpc) is 3.18. The molecular formula is C22H32ClN6O4PS2. The van der Waals surface area contributed by atoms with Crippen molar-refractivity contribution in [3.05, 3.63) is 29.0 Å². The predicted molar refractivity (Wildman–Crippen MR) is 147 cm³/mol. The molecule has 0 aliphatic carbocycles. The number of aromatic nitrogens is 4. The lowest BCUT2D eigenvalue weighted by Gasteiger charge is -2.24. The van der Waals surface area contributed by atoms with E-state index >= 15 is 0 Å². The summed E-state index contributed by atoms with van der Waals surface area (Å²) in [6.07, 6.45) is 2.34. The van der Waals surface area contributed by atoms with Gasteiger partial charge in [-0.1, -0.05) is 48.5 Å². The minimum atomic E-state index is -3.65.